The number of anilines is 1. The molecule has 0 unspecified atom stereocenters. The molecule has 0 aromatic heterocycles. The lowest BCUT2D eigenvalue weighted by molar-refractivity contribution is -0.152. The topological polar surface area (TPSA) is 75.6 Å². The summed E-state index contributed by atoms with van der Waals surface area (Å²) in [5.41, 5.74) is -0.147. The number of carboxylic acids is 1. The van der Waals surface area contributed by atoms with E-state index in [0.29, 0.717) is 11.3 Å². The zero-order valence-electron chi connectivity index (χ0n) is 14.5. The number of amides is 1. The Kier molecular flexibility index (Phi) is 4.63. The molecule has 1 amide bonds. The van der Waals surface area contributed by atoms with E-state index < -0.39 is 11.6 Å². The largest absolute Gasteiger partial charge is 0.478 e. The number of carboxylic acid groups (broad SMARTS) is 1. The Labute approximate surface area is 151 Å². The SMILES string of the molecule is CC(C)(Oc1ccc(C(=O)Nc2cccc3ccccc23)cc1)C(=O)O. The van der Waals surface area contributed by atoms with E-state index in [0.717, 1.165) is 16.5 Å². The van der Waals surface area contributed by atoms with Crippen molar-refractivity contribution in [2.45, 2.75) is 19.4 Å². The maximum absolute atomic E-state index is 12.5. The van der Waals surface area contributed by atoms with E-state index >= 15 is 0 Å². The summed E-state index contributed by atoms with van der Waals surface area (Å²) in [6, 6.07) is 19.9. The minimum atomic E-state index is -1.34. The number of carbonyl (C=O) groups excluding carboxylic acids is 1. The number of hydrogen-bond donors (Lipinski definition) is 2. The first-order valence-corrected chi connectivity index (χ1v) is 8.18. The van der Waals surface area contributed by atoms with Crippen LogP contribution in [0.15, 0.2) is 66.7 Å². The number of ether oxygens (including phenoxy) is 1. The maximum atomic E-state index is 12.5. The maximum Gasteiger partial charge on any atom is 0.347 e. The molecule has 3 rings (SSSR count). The van der Waals surface area contributed by atoms with Crippen LogP contribution in [0, 0.1) is 0 Å². The Bertz CT molecular complexity index is 956. The molecule has 0 fully saturated rings. The molecule has 5 heteroatoms. The monoisotopic (exact) mass is 349 g/mol. The van der Waals surface area contributed by atoms with Crippen LogP contribution in [0.5, 0.6) is 5.75 Å². The van der Waals surface area contributed by atoms with E-state index in [1.807, 2.05) is 42.5 Å². The third kappa shape index (κ3) is 3.67. The zero-order chi connectivity index (χ0) is 18.7. The highest BCUT2D eigenvalue weighted by molar-refractivity contribution is 6.09. The number of benzene rings is 3. The van der Waals surface area contributed by atoms with E-state index in [9.17, 15) is 9.59 Å². The predicted octanol–water partition coefficient (Wildman–Crippen LogP) is 4.33. The summed E-state index contributed by atoms with van der Waals surface area (Å²) in [5, 5.41) is 14.0. The average Bonchev–Trinajstić information content (AvgIpc) is 2.62. The molecule has 0 spiro atoms. The van der Waals surface area contributed by atoms with E-state index in [1.54, 1.807) is 24.3 Å². The van der Waals surface area contributed by atoms with Gasteiger partial charge in [0.05, 0.1) is 0 Å². The standard InChI is InChI=1S/C21H19NO4/c1-21(2,20(24)25)26-16-12-10-15(11-13-16)19(23)22-18-9-5-7-14-6-3-4-8-17(14)18/h3-13H,1-2H3,(H,22,23)(H,24,25). The molecule has 5 nitrogen and oxygen atoms in total. The summed E-state index contributed by atoms with van der Waals surface area (Å²) in [7, 11) is 0. The first-order valence-electron chi connectivity index (χ1n) is 8.18. The quantitative estimate of drug-likeness (QED) is 0.719. The lowest BCUT2D eigenvalue weighted by Crippen LogP contribution is -2.37. The summed E-state index contributed by atoms with van der Waals surface area (Å²) in [6.45, 7) is 2.94. The smallest absolute Gasteiger partial charge is 0.347 e. The van der Waals surface area contributed by atoms with Gasteiger partial charge in [0, 0.05) is 16.6 Å². The molecule has 0 aliphatic carbocycles. The van der Waals surface area contributed by atoms with Crippen molar-refractivity contribution in [2.24, 2.45) is 0 Å². The van der Waals surface area contributed by atoms with Gasteiger partial charge in [-0.2, -0.15) is 0 Å². The molecule has 132 valence electrons. The minimum Gasteiger partial charge on any atom is -0.478 e. The molecule has 0 heterocycles. The second kappa shape index (κ2) is 6.88. The molecule has 0 saturated carbocycles. The van der Waals surface area contributed by atoms with Crippen LogP contribution in [0.25, 0.3) is 10.8 Å². The van der Waals surface area contributed by atoms with Crippen LogP contribution in [0.1, 0.15) is 24.2 Å². The van der Waals surface area contributed by atoms with Crippen LogP contribution < -0.4 is 10.1 Å². The summed E-state index contributed by atoms with van der Waals surface area (Å²) in [6.07, 6.45) is 0. The van der Waals surface area contributed by atoms with Crippen molar-refractivity contribution in [2.75, 3.05) is 5.32 Å². The number of aliphatic carboxylic acids is 1. The van der Waals surface area contributed by atoms with Crippen LogP contribution in [-0.2, 0) is 4.79 Å². The first-order chi connectivity index (χ1) is 12.4. The first kappa shape index (κ1) is 17.5. The van der Waals surface area contributed by atoms with Gasteiger partial charge in [-0.15, -0.1) is 0 Å². The molecular weight excluding hydrogens is 330 g/mol. The van der Waals surface area contributed by atoms with Gasteiger partial charge < -0.3 is 15.2 Å². The lowest BCUT2D eigenvalue weighted by Gasteiger charge is -2.21. The number of carbonyl (C=O) groups is 2. The average molecular weight is 349 g/mol. The minimum absolute atomic E-state index is 0.245. The van der Waals surface area contributed by atoms with Crippen LogP contribution in [0.4, 0.5) is 5.69 Å². The summed E-state index contributed by atoms with van der Waals surface area (Å²) in [5.74, 6) is -0.917. The normalized spacial score (nSPS) is 11.2. The van der Waals surface area contributed by atoms with Crippen molar-refractivity contribution in [3.8, 4) is 5.75 Å². The second-order valence-electron chi connectivity index (χ2n) is 6.42. The molecule has 3 aromatic rings. The number of hydrogen-bond acceptors (Lipinski definition) is 3. The highest BCUT2D eigenvalue weighted by Gasteiger charge is 2.29. The molecule has 0 atom stereocenters. The van der Waals surface area contributed by atoms with E-state index in [2.05, 4.69) is 5.32 Å². The Morgan fingerprint density at radius 1 is 0.923 bits per heavy atom. The van der Waals surface area contributed by atoms with Crippen LogP contribution in [-0.4, -0.2) is 22.6 Å². The summed E-state index contributed by atoms with van der Waals surface area (Å²) >= 11 is 0. The molecule has 2 N–H and O–H groups in total. The molecule has 26 heavy (non-hydrogen) atoms. The van der Waals surface area contributed by atoms with Crippen LogP contribution in [0.3, 0.4) is 0 Å². The van der Waals surface area contributed by atoms with Gasteiger partial charge in [0.15, 0.2) is 5.60 Å². The van der Waals surface area contributed by atoms with Crippen molar-refractivity contribution in [1.29, 1.82) is 0 Å². The van der Waals surface area contributed by atoms with Crippen molar-refractivity contribution in [3.63, 3.8) is 0 Å². The fourth-order valence-corrected chi connectivity index (χ4v) is 2.54. The molecule has 0 aliphatic heterocycles. The van der Waals surface area contributed by atoms with Gasteiger partial charge in [-0.05, 0) is 49.6 Å². The number of rotatable bonds is 5. The predicted molar refractivity (Wildman–Crippen MR) is 101 cm³/mol. The molecule has 0 bridgehead atoms. The van der Waals surface area contributed by atoms with Gasteiger partial charge in [0.25, 0.3) is 5.91 Å². The highest BCUT2D eigenvalue weighted by atomic mass is 16.5. The Hall–Kier alpha value is -3.34. The van der Waals surface area contributed by atoms with Crippen molar-refractivity contribution in [1.82, 2.24) is 0 Å². The second-order valence-corrected chi connectivity index (χ2v) is 6.42. The van der Waals surface area contributed by atoms with Crippen LogP contribution in [0.2, 0.25) is 0 Å². The number of fused-ring (bicyclic) bond motifs is 1. The molecule has 3 aromatic carbocycles. The van der Waals surface area contributed by atoms with E-state index in [4.69, 9.17) is 9.84 Å². The highest BCUT2D eigenvalue weighted by Crippen LogP contribution is 2.24. The van der Waals surface area contributed by atoms with Gasteiger partial charge >= 0.3 is 5.97 Å². The third-order valence-electron chi connectivity index (χ3n) is 4.04. The summed E-state index contributed by atoms with van der Waals surface area (Å²) in [4.78, 5) is 23.6. The lowest BCUT2D eigenvalue weighted by atomic mass is 10.1. The summed E-state index contributed by atoms with van der Waals surface area (Å²) < 4.78 is 5.44. The van der Waals surface area contributed by atoms with Crippen molar-refractivity contribution >= 4 is 28.3 Å². The van der Waals surface area contributed by atoms with Gasteiger partial charge in [-0.25, -0.2) is 4.79 Å². The Balaban J connectivity index is 1.77. The van der Waals surface area contributed by atoms with Gasteiger partial charge in [0.2, 0.25) is 0 Å². The fraction of sp³-hybridized carbons (Fsp3) is 0.143. The molecule has 0 aliphatic rings. The Morgan fingerprint density at radius 3 is 2.27 bits per heavy atom. The molecule has 0 radical (unpaired) electrons. The van der Waals surface area contributed by atoms with Gasteiger partial charge in [-0.1, -0.05) is 36.4 Å². The Morgan fingerprint density at radius 2 is 1.58 bits per heavy atom. The van der Waals surface area contributed by atoms with Crippen LogP contribution >= 0.6 is 0 Å². The third-order valence-corrected chi connectivity index (χ3v) is 4.04. The van der Waals surface area contributed by atoms with E-state index in [1.165, 1.54) is 13.8 Å². The number of nitrogens with one attached hydrogen (secondary N) is 1. The van der Waals surface area contributed by atoms with Gasteiger partial charge in [0.1, 0.15) is 5.75 Å². The fourth-order valence-electron chi connectivity index (χ4n) is 2.54. The van der Waals surface area contributed by atoms with Gasteiger partial charge in [-0.3, -0.25) is 4.79 Å². The zero-order valence-corrected chi connectivity index (χ0v) is 14.5. The molecular formula is C21H19NO4. The van der Waals surface area contributed by atoms with E-state index in [-0.39, 0.29) is 5.91 Å². The molecule has 0 saturated heterocycles. The van der Waals surface area contributed by atoms with Crippen molar-refractivity contribution in [3.05, 3.63) is 72.3 Å². The van der Waals surface area contributed by atoms with Crippen molar-refractivity contribution < 1.29 is 19.4 Å².